The van der Waals surface area contributed by atoms with E-state index in [0.717, 1.165) is 45.7 Å². The Kier molecular flexibility index (Phi) is 11.0. The number of ether oxygens (including phenoxy) is 2. The third-order valence-corrected chi connectivity index (χ3v) is 7.58. The van der Waals surface area contributed by atoms with Crippen molar-refractivity contribution in [1.82, 2.24) is 20.0 Å². The summed E-state index contributed by atoms with van der Waals surface area (Å²) in [6.45, 7) is 9.52. The van der Waals surface area contributed by atoms with Gasteiger partial charge < -0.3 is 24.6 Å². The predicted octanol–water partition coefficient (Wildman–Crippen LogP) is 0.745. The van der Waals surface area contributed by atoms with Crippen LogP contribution in [0.4, 0.5) is 0 Å². The molecule has 1 aromatic rings. The van der Waals surface area contributed by atoms with Crippen molar-refractivity contribution in [2.24, 2.45) is 0 Å². The number of benzene rings is 1. The van der Waals surface area contributed by atoms with Crippen molar-refractivity contribution in [2.75, 3.05) is 86.1 Å². The fourth-order valence-corrected chi connectivity index (χ4v) is 5.68. The summed E-state index contributed by atoms with van der Waals surface area (Å²) in [6.07, 6.45) is 1.13. The van der Waals surface area contributed by atoms with Crippen LogP contribution in [0.5, 0.6) is 5.75 Å². The molecule has 0 spiro atoms. The Balaban J connectivity index is 1.64. The van der Waals surface area contributed by atoms with Gasteiger partial charge in [0.25, 0.3) is 0 Å². The quantitative estimate of drug-likeness (QED) is 0.410. The minimum Gasteiger partial charge on any atom is -0.497 e. The summed E-state index contributed by atoms with van der Waals surface area (Å²) in [5.74, 6) is 0.439. The van der Waals surface area contributed by atoms with Gasteiger partial charge in [-0.25, -0.2) is 8.42 Å². The molecule has 0 radical (unpaired) electrons. The molecule has 33 heavy (non-hydrogen) atoms. The molecule has 1 aliphatic heterocycles. The Morgan fingerprint density at radius 3 is 2.33 bits per heavy atom. The number of hydrogen-bond donors (Lipinski definition) is 1. The molecule has 0 aliphatic carbocycles. The molecule has 0 saturated carbocycles. The number of carbonyl (C=O) groups excluding carboxylic acids is 1. The third kappa shape index (κ3) is 8.86. The number of hydrogen-bond acceptors (Lipinski definition) is 8. The van der Waals surface area contributed by atoms with Gasteiger partial charge in [-0.15, -0.1) is 0 Å². The highest BCUT2D eigenvalue weighted by atomic mass is 32.2. The Hall–Kier alpha value is -1.72. The van der Waals surface area contributed by atoms with Gasteiger partial charge >= 0.3 is 0 Å². The largest absolute Gasteiger partial charge is 0.497 e. The van der Waals surface area contributed by atoms with E-state index in [-0.39, 0.29) is 25.0 Å². The molecule has 0 unspecified atom stereocenters. The number of piperazine rings is 1. The van der Waals surface area contributed by atoms with Crippen molar-refractivity contribution in [3.05, 3.63) is 23.3 Å². The topological polar surface area (TPSA) is 91.4 Å². The zero-order chi connectivity index (χ0) is 24.4. The predicted molar refractivity (Wildman–Crippen MR) is 130 cm³/mol. The van der Waals surface area contributed by atoms with Crippen LogP contribution in [0.15, 0.2) is 17.0 Å². The second-order valence-corrected chi connectivity index (χ2v) is 10.7. The maximum absolute atomic E-state index is 12.7. The van der Waals surface area contributed by atoms with E-state index >= 15 is 0 Å². The number of aryl methyl sites for hydroxylation is 2. The lowest BCUT2D eigenvalue weighted by atomic mass is 10.1. The average molecular weight is 485 g/mol. The first-order valence-corrected chi connectivity index (χ1v) is 13.1. The average Bonchev–Trinajstić information content (AvgIpc) is 2.75. The van der Waals surface area contributed by atoms with Crippen LogP contribution < -0.4 is 10.1 Å². The van der Waals surface area contributed by atoms with E-state index in [1.165, 1.54) is 0 Å². The number of rotatable bonds is 13. The first-order valence-electron chi connectivity index (χ1n) is 11.5. The molecule has 188 valence electrons. The van der Waals surface area contributed by atoms with Gasteiger partial charge in [0.15, 0.2) is 9.84 Å². The van der Waals surface area contributed by atoms with E-state index in [0.29, 0.717) is 28.3 Å². The van der Waals surface area contributed by atoms with Crippen molar-refractivity contribution in [3.63, 3.8) is 0 Å². The van der Waals surface area contributed by atoms with Crippen LogP contribution in [-0.2, 0) is 19.4 Å². The normalized spacial score (nSPS) is 15.3. The number of amides is 1. The highest BCUT2D eigenvalue weighted by Gasteiger charge is 2.22. The van der Waals surface area contributed by atoms with Gasteiger partial charge in [0.2, 0.25) is 5.91 Å². The molecule has 1 N–H and O–H groups in total. The summed E-state index contributed by atoms with van der Waals surface area (Å²) in [5, 5.41) is 2.91. The summed E-state index contributed by atoms with van der Waals surface area (Å²) in [7, 11) is 2.22. The molecule has 0 atom stereocenters. The molecular formula is C23H40N4O5S. The second-order valence-electron chi connectivity index (χ2n) is 8.78. The van der Waals surface area contributed by atoms with Crippen LogP contribution in [0.2, 0.25) is 0 Å². The van der Waals surface area contributed by atoms with Crippen molar-refractivity contribution in [3.8, 4) is 5.75 Å². The molecule has 10 heteroatoms. The fraction of sp³-hybridized carbons (Fsp3) is 0.696. The van der Waals surface area contributed by atoms with Gasteiger partial charge in [-0.1, -0.05) is 0 Å². The molecule has 1 saturated heterocycles. The maximum Gasteiger partial charge on any atom is 0.248 e. The molecule has 0 bridgehead atoms. The summed E-state index contributed by atoms with van der Waals surface area (Å²) in [4.78, 5) is 19.1. The van der Waals surface area contributed by atoms with E-state index < -0.39 is 9.84 Å². The Bertz CT molecular complexity index is 845. The van der Waals surface area contributed by atoms with Crippen molar-refractivity contribution < 1.29 is 22.7 Å². The fourth-order valence-electron chi connectivity index (χ4n) is 4.02. The number of carbonyl (C=O) groups is 1. The van der Waals surface area contributed by atoms with Crippen LogP contribution in [-0.4, -0.2) is 115 Å². The maximum atomic E-state index is 12.7. The SMILES string of the molecule is COc1cc(C)c(S(=O)(=O)CNCCOCC(=O)N2CCN(CCCN(C)C)CC2)c(C)c1. The van der Waals surface area contributed by atoms with E-state index in [4.69, 9.17) is 9.47 Å². The molecule has 0 aromatic heterocycles. The number of nitrogens with one attached hydrogen (secondary N) is 1. The van der Waals surface area contributed by atoms with E-state index in [2.05, 4.69) is 29.2 Å². The Morgan fingerprint density at radius 2 is 1.76 bits per heavy atom. The minimum absolute atomic E-state index is 0.0138. The van der Waals surface area contributed by atoms with Gasteiger partial charge in [0.05, 0.1) is 18.6 Å². The summed E-state index contributed by atoms with van der Waals surface area (Å²) in [5.41, 5.74) is 1.32. The van der Waals surface area contributed by atoms with Crippen LogP contribution in [0.3, 0.4) is 0 Å². The minimum atomic E-state index is -3.49. The van der Waals surface area contributed by atoms with Gasteiger partial charge in [-0.05, 0) is 70.7 Å². The molecule has 1 aromatic carbocycles. The molecular weight excluding hydrogens is 444 g/mol. The molecule has 9 nitrogen and oxygen atoms in total. The zero-order valence-electron chi connectivity index (χ0n) is 20.7. The van der Waals surface area contributed by atoms with Crippen LogP contribution in [0.25, 0.3) is 0 Å². The van der Waals surface area contributed by atoms with Gasteiger partial charge in [-0.3, -0.25) is 9.69 Å². The smallest absolute Gasteiger partial charge is 0.248 e. The third-order valence-electron chi connectivity index (χ3n) is 5.73. The first kappa shape index (κ1) is 27.5. The van der Waals surface area contributed by atoms with Gasteiger partial charge in [0, 0.05) is 32.7 Å². The monoisotopic (exact) mass is 484 g/mol. The Labute approximate surface area is 198 Å². The number of methoxy groups -OCH3 is 1. The van der Waals surface area contributed by atoms with Crippen LogP contribution >= 0.6 is 0 Å². The van der Waals surface area contributed by atoms with E-state index in [9.17, 15) is 13.2 Å². The van der Waals surface area contributed by atoms with E-state index in [1.807, 2.05) is 4.90 Å². The standard InChI is InChI=1S/C23H40N4O5S/c1-19-15-21(31-5)16-20(2)23(19)33(29,30)18-24-7-14-32-17-22(28)27-12-10-26(11-13-27)9-6-8-25(3)4/h15-16,24H,6-14,17-18H2,1-5H3. The Morgan fingerprint density at radius 1 is 1.12 bits per heavy atom. The lowest BCUT2D eigenvalue weighted by Crippen LogP contribution is -2.50. The highest BCUT2D eigenvalue weighted by Crippen LogP contribution is 2.26. The first-order chi connectivity index (χ1) is 15.6. The molecule has 2 rings (SSSR count). The molecule has 1 amide bonds. The number of sulfone groups is 1. The summed E-state index contributed by atoms with van der Waals surface area (Å²) in [6, 6.07) is 3.44. The second kappa shape index (κ2) is 13.2. The summed E-state index contributed by atoms with van der Waals surface area (Å²) < 4.78 is 36.1. The van der Waals surface area contributed by atoms with Crippen molar-refractivity contribution in [2.45, 2.75) is 25.2 Å². The lowest BCUT2D eigenvalue weighted by molar-refractivity contribution is -0.137. The molecule has 1 aliphatic rings. The van der Waals surface area contributed by atoms with Gasteiger partial charge in [0.1, 0.15) is 18.2 Å². The molecule has 1 fully saturated rings. The lowest BCUT2D eigenvalue weighted by Gasteiger charge is -2.34. The van der Waals surface area contributed by atoms with Crippen LogP contribution in [0.1, 0.15) is 17.5 Å². The van der Waals surface area contributed by atoms with Crippen molar-refractivity contribution >= 4 is 15.7 Å². The highest BCUT2D eigenvalue weighted by molar-refractivity contribution is 7.91. The van der Waals surface area contributed by atoms with Gasteiger partial charge in [-0.2, -0.15) is 0 Å². The summed E-state index contributed by atoms with van der Waals surface area (Å²) >= 11 is 0. The zero-order valence-corrected chi connectivity index (χ0v) is 21.5. The van der Waals surface area contributed by atoms with E-state index in [1.54, 1.807) is 33.1 Å². The molecule has 1 heterocycles. The van der Waals surface area contributed by atoms with Crippen LogP contribution in [0, 0.1) is 13.8 Å². The number of nitrogens with zero attached hydrogens (tertiary/aromatic N) is 3. The van der Waals surface area contributed by atoms with Crippen molar-refractivity contribution in [1.29, 1.82) is 0 Å².